The van der Waals surface area contributed by atoms with E-state index in [4.69, 9.17) is 4.74 Å². The van der Waals surface area contributed by atoms with Crippen molar-refractivity contribution in [3.05, 3.63) is 0 Å². The van der Waals surface area contributed by atoms with Crippen molar-refractivity contribution in [2.24, 2.45) is 0 Å². The summed E-state index contributed by atoms with van der Waals surface area (Å²) in [5, 5.41) is 0. The summed E-state index contributed by atoms with van der Waals surface area (Å²) in [6, 6.07) is 0. The first kappa shape index (κ1) is 13.3. The number of rotatable bonds is 5. The Kier molecular flexibility index (Phi) is 13.0. The molecule has 4 heteroatoms. The molecule has 0 aliphatic heterocycles. The fourth-order valence-electron chi connectivity index (χ4n) is 0.418. The Bertz CT molecular complexity index is 80.1. The van der Waals surface area contributed by atoms with Gasteiger partial charge in [-0.25, -0.2) is 0 Å². The van der Waals surface area contributed by atoms with Gasteiger partial charge >= 0.3 is 65.2 Å². The normalized spacial score (nSPS) is 11.9. The van der Waals surface area contributed by atoms with Crippen LogP contribution >= 0.6 is 17.0 Å². The van der Waals surface area contributed by atoms with Crippen LogP contribution in [-0.2, 0) is 27.8 Å². The average molecular weight is 261 g/mol. The summed E-state index contributed by atoms with van der Waals surface area (Å²) in [4.78, 5) is 10.0. The van der Waals surface area contributed by atoms with Gasteiger partial charge < -0.3 is 0 Å². The van der Waals surface area contributed by atoms with Crippen LogP contribution in [-0.4, -0.2) is 17.6 Å². The van der Waals surface area contributed by atoms with E-state index in [0.717, 1.165) is 44.0 Å². The van der Waals surface area contributed by atoms with E-state index in [-0.39, 0.29) is 21.7 Å². The van der Waals surface area contributed by atoms with Gasteiger partial charge in [0.2, 0.25) is 0 Å². The van der Waals surface area contributed by atoms with Crippen LogP contribution in [0, 0.1) is 0 Å². The predicted molar refractivity (Wildman–Crippen MR) is 41.0 cm³/mol. The second-order valence-corrected chi connectivity index (χ2v) is 3.59. The number of halogens is 1. The minimum atomic E-state index is -0.100. The number of carbonyl (C=O) groups excluding carboxylic acids is 1. The fraction of sp³-hybridized carbons (Fsp3) is 0.833. The van der Waals surface area contributed by atoms with E-state index in [2.05, 4.69) is 6.92 Å². The molecule has 1 atom stereocenters. The first-order chi connectivity index (χ1) is 4.31. The summed E-state index contributed by atoms with van der Waals surface area (Å²) in [6.07, 6.45) is 3.06. The Morgan fingerprint density at radius 3 is 2.70 bits per heavy atom. The van der Waals surface area contributed by atoms with Gasteiger partial charge in [0.15, 0.2) is 0 Å². The number of ether oxygens (including phenoxy) is 1. The zero-order chi connectivity index (χ0) is 7.11. The van der Waals surface area contributed by atoms with E-state index in [0.29, 0.717) is 0 Å². The van der Waals surface area contributed by atoms with Gasteiger partial charge in [-0.15, -0.1) is 17.0 Å². The van der Waals surface area contributed by atoms with Crippen LogP contribution in [0.2, 0.25) is 0 Å². The Hall–Kier alpha value is 0.733. The van der Waals surface area contributed by atoms with Crippen molar-refractivity contribution in [3.8, 4) is 0 Å². The number of carbonyl (C=O) groups is 1. The molecule has 0 aromatic rings. The molecule has 0 aromatic carbocycles. The van der Waals surface area contributed by atoms with Gasteiger partial charge in [-0.05, 0) is 0 Å². The van der Waals surface area contributed by atoms with Gasteiger partial charge in [0.1, 0.15) is 0 Å². The van der Waals surface area contributed by atoms with Crippen LogP contribution in [0.4, 0.5) is 0 Å². The standard InChI is InChI=1S/C6H11O2.BrH.Zn/c1-2-3-5-8-6-4-7;;/h4,6H,2-3,5H2,1H3;1H;. The van der Waals surface area contributed by atoms with E-state index in [9.17, 15) is 4.79 Å². The maximum atomic E-state index is 10.0. The van der Waals surface area contributed by atoms with Crippen LogP contribution in [0.15, 0.2) is 0 Å². The van der Waals surface area contributed by atoms with Crippen LogP contribution in [0.5, 0.6) is 0 Å². The molecule has 0 N–H and O–H groups in total. The third-order valence-corrected chi connectivity index (χ3v) is 1.88. The van der Waals surface area contributed by atoms with Crippen molar-refractivity contribution in [1.82, 2.24) is 0 Å². The Morgan fingerprint density at radius 1 is 1.70 bits per heavy atom. The van der Waals surface area contributed by atoms with Crippen molar-refractivity contribution >= 4 is 23.3 Å². The number of hydrogen-bond donors (Lipinski definition) is 0. The van der Waals surface area contributed by atoms with Crippen LogP contribution in [0.25, 0.3) is 0 Å². The summed E-state index contributed by atoms with van der Waals surface area (Å²) in [5.74, 6) is 0. The zero-order valence-corrected chi connectivity index (χ0v) is 10.9. The van der Waals surface area contributed by atoms with E-state index >= 15 is 0 Å². The van der Waals surface area contributed by atoms with Crippen molar-refractivity contribution < 1.29 is 27.8 Å². The molecule has 0 saturated heterocycles. The van der Waals surface area contributed by atoms with Crippen molar-refractivity contribution in [3.63, 3.8) is 0 Å². The fourth-order valence-corrected chi connectivity index (χ4v) is 0.768. The quantitative estimate of drug-likeness (QED) is 0.425. The Balaban J connectivity index is 0. The summed E-state index contributed by atoms with van der Waals surface area (Å²) < 4.78 is 5.02. The van der Waals surface area contributed by atoms with Crippen molar-refractivity contribution in [2.75, 3.05) is 6.61 Å². The first-order valence-corrected chi connectivity index (χ1v) is 4.92. The van der Waals surface area contributed by atoms with E-state index in [1.165, 1.54) is 0 Å². The summed E-state index contributed by atoms with van der Waals surface area (Å²) >= 11 is 0.910. The second kappa shape index (κ2) is 9.73. The molecule has 0 aromatic heterocycles. The third kappa shape index (κ3) is 8.73. The monoisotopic (exact) mass is 259 g/mol. The number of aldehydes is 1. The molecule has 0 fully saturated rings. The van der Waals surface area contributed by atoms with Gasteiger partial charge in [0.05, 0.1) is 0 Å². The van der Waals surface area contributed by atoms with E-state index in [1.807, 2.05) is 0 Å². The molecule has 0 spiro atoms. The van der Waals surface area contributed by atoms with Crippen LogP contribution in [0.1, 0.15) is 19.8 Å². The molecule has 0 rings (SSSR count). The maximum absolute atomic E-state index is 10.0. The molecule has 0 amide bonds. The SMILES string of the molecule is Br.CCCCO[CH]([Zn])C=O. The first-order valence-electron chi connectivity index (χ1n) is 3.21. The van der Waals surface area contributed by atoms with Crippen LogP contribution < -0.4 is 0 Å². The van der Waals surface area contributed by atoms with Gasteiger partial charge in [-0.2, -0.15) is 0 Å². The molecule has 57 valence electrons. The number of hydrogen-bond acceptors (Lipinski definition) is 2. The van der Waals surface area contributed by atoms with E-state index in [1.54, 1.807) is 0 Å². The van der Waals surface area contributed by atoms with Gasteiger partial charge in [0, 0.05) is 0 Å². The molecule has 0 saturated carbocycles. The number of unbranched alkanes of at least 4 members (excludes halogenated alkanes) is 1. The molecular formula is C6H12BrO2Zn. The van der Waals surface area contributed by atoms with E-state index < -0.39 is 0 Å². The third-order valence-electron chi connectivity index (χ3n) is 0.982. The van der Waals surface area contributed by atoms with Gasteiger partial charge in [0.25, 0.3) is 0 Å². The van der Waals surface area contributed by atoms with Gasteiger partial charge in [-0.1, -0.05) is 0 Å². The Morgan fingerprint density at radius 2 is 2.30 bits per heavy atom. The topological polar surface area (TPSA) is 26.3 Å². The minimum absolute atomic E-state index is 0. The molecule has 0 heterocycles. The summed E-state index contributed by atoms with van der Waals surface area (Å²) in [5.41, 5.74) is 0. The van der Waals surface area contributed by atoms with Crippen LogP contribution in [0.3, 0.4) is 0 Å². The molecule has 0 bridgehead atoms. The second-order valence-electron chi connectivity index (χ2n) is 1.90. The molecule has 0 radical (unpaired) electrons. The molecular weight excluding hydrogens is 249 g/mol. The van der Waals surface area contributed by atoms with Gasteiger partial charge in [-0.3, -0.25) is 0 Å². The molecule has 1 unspecified atom stereocenters. The molecule has 10 heavy (non-hydrogen) atoms. The summed E-state index contributed by atoms with van der Waals surface area (Å²) in [6.45, 7) is 2.84. The molecule has 0 aliphatic rings. The predicted octanol–water partition coefficient (Wildman–Crippen LogP) is 1.45. The van der Waals surface area contributed by atoms with Crippen molar-refractivity contribution in [2.45, 2.75) is 24.5 Å². The average Bonchev–Trinajstić information content (AvgIpc) is 1.89. The van der Waals surface area contributed by atoms with Crippen molar-refractivity contribution in [1.29, 1.82) is 0 Å². The Labute approximate surface area is 82.2 Å². The summed E-state index contributed by atoms with van der Waals surface area (Å²) in [7, 11) is 0. The molecule has 2 nitrogen and oxygen atoms in total. The zero-order valence-electron chi connectivity index (χ0n) is 6.21. The molecule has 0 aliphatic carbocycles.